The Balaban J connectivity index is 2.01. The van der Waals surface area contributed by atoms with E-state index < -0.39 is 0 Å². The molecule has 2 aromatic rings. The fourth-order valence-electron chi connectivity index (χ4n) is 2.36. The third kappa shape index (κ3) is 5.81. The van der Waals surface area contributed by atoms with Gasteiger partial charge in [-0.1, -0.05) is 41.9 Å². The maximum absolute atomic E-state index is 12.1. The number of benzene rings is 2. The van der Waals surface area contributed by atoms with Crippen molar-refractivity contribution >= 4 is 44.0 Å². The maximum Gasteiger partial charge on any atom is 0.277 e. The van der Waals surface area contributed by atoms with Gasteiger partial charge >= 0.3 is 0 Å². The van der Waals surface area contributed by atoms with E-state index in [2.05, 4.69) is 56.2 Å². The first-order valence-corrected chi connectivity index (χ1v) is 9.99. The second-order valence-corrected chi connectivity index (χ2v) is 7.88. The molecule has 0 saturated carbocycles. The van der Waals surface area contributed by atoms with Crippen molar-refractivity contribution in [1.82, 2.24) is 5.43 Å². The van der Waals surface area contributed by atoms with Crippen LogP contribution in [0.4, 0.5) is 0 Å². The molecule has 0 saturated heterocycles. The number of hydrogen-bond acceptors (Lipinski definition) is 4. The summed E-state index contributed by atoms with van der Waals surface area (Å²) in [5.74, 6) is 1.32. The predicted molar refractivity (Wildman–Crippen MR) is 115 cm³/mol. The smallest absolute Gasteiger partial charge is 0.277 e. The van der Waals surface area contributed by atoms with Crippen molar-refractivity contribution in [3.63, 3.8) is 0 Å². The molecule has 0 atom stereocenters. The molecule has 2 rings (SSSR count). The van der Waals surface area contributed by atoms with Crippen LogP contribution < -0.4 is 14.9 Å². The van der Waals surface area contributed by atoms with E-state index in [0.29, 0.717) is 5.75 Å². The van der Waals surface area contributed by atoms with E-state index in [1.165, 1.54) is 0 Å². The number of amides is 1. The van der Waals surface area contributed by atoms with Crippen molar-refractivity contribution in [1.29, 1.82) is 0 Å². The fraction of sp³-hybridized carbons (Fsp3) is 0.300. The van der Waals surface area contributed by atoms with Gasteiger partial charge in [-0.25, -0.2) is 5.43 Å². The summed E-state index contributed by atoms with van der Waals surface area (Å²) >= 11 is 7.12. The Kier molecular flexibility index (Phi) is 7.86. The molecule has 144 valence electrons. The monoisotopic (exact) mass is 496 g/mol. The number of hydrazone groups is 1. The summed E-state index contributed by atoms with van der Waals surface area (Å²) in [7, 11) is 1.60. The van der Waals surface area contributed by atoms with Gasteiger partial charge in [0.1, 0.15) is 11.5 Å². The highest BCUT2D eigenvalue weighted by Crippen LogP contribution is 2.40. The lowest BCUT2D eigenvalue weighted by Gasteiger charge is -2.18. The molecule has 0 aliphatic rings. The molecule has 7 heteroatoms. The van der Waals surface area contributed by atoms with E-state index in [1.54, 1.807) is 13.3 Å². The fourth-order valence-corrected chi connectivity index (χ4v) is 3.63. The van der Waals surface area contributed by atoms with E-state index in [4.69, 9.17) is 9.47 Å². The molecule has 5 nitrogen and oxygen atoms in total. The van der Waals surface area contributed by atoms with Crippen LogP contribution in [0.15, 0.2) is 44.4 Å². The Morgan fingerprint density at radius 1 is 1.30 bits per heavy atom. The van der Waals surface area contributed by atoms with Crippen molar-refractivity contribution in [3.8, 4) is 11.5 Å². The van der Waals surface area contributed by atoms with E-state index in [-0.39, 0.29) is 18.4 Å². The lowest BCUT2D eigenvalue weighted by molar-refractivity contribution is -0.123. The molecule has 0 spiro atoms. The maximum atomic E-state index is 12.1. The molecule has 0 unspecified atom stereocenters. The second kappa shape index (κ2) is 9.90. The summed E-state index contributed by atoms with van der Waals surface area (Å²) < 4.78 is 12.8. The molecule has 0 bridgehead atoms. The van der Waals surface area contributed by atoms with Crippen LogP contribution in [-0.4, -0.2) is 25.8 Å². The number of halogens is 2. The summed E-state index contributed by atoms with van der Waals surface area (Å²) in [6, 6.07) is 9.41. The van der Waals surface area contributed by atoms with Gasteiger partial charge in [0.15, 0.2) is 6.61 Å². The summed E-state index contributed by atoms with van der Waals surface area (Å²) in [5.41, 5.74) is 5.34. The minimum Gasteiger partial charge on any atom is -0.497 e. The molecule has 1 amide bonds. The largest absolute Gasteiger partial charge is 0.497 e. The zero-order valence-electron chi connectivity index (χ0n) is 15.7. The molecular formula is C20H22Br2N2O3. The number of carbonyl (C=O) groups is 1. The van der Waals surface area contributed by atoms with Crippen molar-refractivity contribution in [2.75, 3.05) is 13.7 Å². The Labute approximate surface area is 176 Å². The van der Waals surface area contributed by atoms with Gasteiger partial charge in [0.2, 0.25) is 0 Å². The van der Waals surface area contributed by atoms with Crippen LogP contribution in [0, 0.1) is 6.92 Å². The lowest BCUT2D eigenvalue weighted by atomic mass is 10.0. The number of carbonyl (C=O) groups excluding carboxylic acids is 1. The quantitative estimate of drug-likeness (QED) is 0.423. The predicted octanol–water partition coefficient (Wildman–Crippen LogP) is 5.18. The molecule has 0 radical (unpaired) electrons. The number of methoxy groups -OCH3 is 1. The van der Waals surface area contributed by atoms with Crippen molar-refractivity contribution < 1.29 is 14.3 Å². The first kappa shape index (κ1) is 21.4. The van der Waals surface area contributed by atoms with E-state index >= 15 is 0 Å². The zero-order chi connectivity index (χ0) is 20.0. The van der Waals surface area contributed by atoms with Gasteiger partial charge in [0, 0.05) is 4.47 Å². The minimum atomic E-state index is -0.337. The van der Waals surface area contributed by atoms with Gasteiger partial charge in [-0.15, -0.1) is 0 Å². The van der Waals surface area contributed by atoms with E-state index in [9.17, 15) is 4.79 Å². The number of rotatable bonds is 7. The number of ether oxygens (including phenoxy) is 2. The number of nitrogens with zero attached hydrogens (tertiary/aromatic N) is 1. The van der Waals surface area contributed by atoms with Crippen molar-refractivity contribution in [2.24, 2.45) is 5.10 Å². The molecule has 1 N–H and O–H groups in total. The highest BCUT2D eigenvalue weighted by atomic mass is 79.9. The average molecular weight is 498 g/mol. The van der Waals surface area contributed by atoms with Gasteiger partial charge in [-0.05, 0) is 63.7 Å². The Morgan fingerprint density at radius 3 is 2.70 bits per heavy atom. The van der Waals surface area contributed by atoms with Gasteiger partial charge < -0.3 is 9.47 Å². The average Bonchev–Trinajstić information content (AvgIpc) is 2.65. The molecular weight excluding hydrogens is 476 g/mol. The highest BCUT2D eigenvalue weighted by molar-refractivity contribution is 9.11. The Hall–Kier alpha value is -1.86. The summed E-state index contributed by atoms with van der Waals surface area (Å²) in [5, 5.41) is 3.96. The van der Waals surface area contributed by atoms with Crippen molar-refractivity contribution in [3.05, 3.63) is 56.0 Å². The topological polar surface area (TPSA) is 59.9 Å². The molecule has 0 aliphatic carbocycles. The zero-order valence-corrected chi connectivity index (χ0v) is 18.8. The second-order valence-electron chi connectivity index (χ2n) is 6.23. The van der Waals surface area contributed by atoms with Gasteiger partial charge in [-0.2, -0.15) is 5.10 Å². The van der Waals surface area contributed by atoms with Gasteiger partial charge in [0.05, 0.1) is 17.8 Å². The molecule has 27 heavy (non-hydrogen) atoms. The summed E-state index contributed by atoms with van der Waals surface area (Å²) in [6.45, 7) is 6.00. The van der Waals surface area contributed by atoms with E-state index in [0.717, 1.165) is 31.4 Å². The molecule has 0 fully saturated rings. The summed E-state index contributed by atoms with van der Waals surface area (Å²) in [6.07, 6.45) is 1.56. The SMILES string of the molecule is COc1cccc(/C=N/NC(=O)COc2c(C(C)C)cc(Br)c(C)c2Br)c1. The highest BCUT2D eigenvalue weighted by Gasteiger charge is 2.17. The first-order valence-electron chi connectivity index (χ1n) is 8.40. The third-order valence-corrected chi connectivity index (χ3v) is 5.68. The molecule has 0 heterocycles. The molecule has 0 aromatic heterocycles. The molecule has 0 aliphatic heterocycles. The van der Waals surface area contributed by atoms with Crippen LogP contribution in [0.25, 0.3) is 0 Å². The van der Waals surface area contributed by atoms with Gasteiger partial charge in [-0.3, -0.25) is 4.79 Å². The normalized spacial score (nSPS) is 11.1. The van der Waals surface area contributed by atoms with Crippen LogP contribution in [0.3, 0.4) is 0 Å². The van der Waals surface area contributed by atoms with Crippen molar-refractivity contribution in [2.45, 2.75) is 26.7 Å². The number of nitrogens with one attached hydrogen (secondary N) is 1. The van der Waals surface area contributed by atoms with Crippen LogP contribution >= 0.6 is 31.9 Å². The lowest BCUT2D eigenvalue weighted by Crippen LogP contribution is -2.25. The van der Waals surface area contributed by atoms with Crippen LogP contribution in [0.2, 0.25) is 0 Å². The first-order chi connectivity index (χ1) is 12.8. The standard InChI is InChI=1S/C20H22Br2N2O3/c1-12(2)16-9-17(21)13(3)19(22)20(16)27-11-18(25)24-23-10-14-6-5-7-15(8-14)26-4/h5-10,12H,11H2,1-4H3,(H,24,25)/b23-10+. The van der Waals surface area contributed by atoms with Gasteiger partial charge in [0.25, 0.3) is 5.91 Å². The minimum absolute atomic E-state index is 0.130. The third-order valence-electron chi connectivity index (χ3n) is 3.90. The number of hydrogen-bond donors (Lipinski definition) is 1. The Morgan fingerprint density at radius 2 is 2.04 bits per heavy atom. The van der Waals surface area contributed by atoms with Crippen LogP contribution in [0.1, 0.15) is 36.5 Å². The van der Waals surface area contributed by atoms with Crippen LogP contribution in [-0.2, 0) is 4.79 Å². The van der Waals surface area contributed by atoms with E-state index in [1.807, 2.05) is 37.3 Å². The Bertz CT molecular complexity index is 851. The summed E-state index contributed by atoms with van der Waals surface area (Å²) in [4.78, 5) is 12.1. The molecule has 2 aromatic carbocycles. The van der Waals surface area contributed by atoms with Crippen LogP contribution in [0.5, 0.6) is 11.5 Å².